The van der Waals surface area contributed by atoms with Gasteiger partial charge in [0.25, 0.3) is 0 Å². The zero-order valence-electron chi connectivity index (χ0n) is 24.5. The van der Waals surface area contributed by atoms with Gasteiger partial charge in [0, 0.05) is 66.7 Å². The van der Waals surface area contributed by atoms with E-state index in [2.05, 4.69) is 44.3 Å². The fourth-order valence-electron chi connectivity index (χ4n) is 4.96. The minimum atomic E-state index is -0.394. The summed E-state index contributed by atoms with van der Waals surface area (Å²) in [6.45, 7) is 14.0. The maximum Gasteiger partial charge on any atom is 0.324 e. The molecular weight excluding hydrogens is 552 g/mol. The molecule has 0 unspecified atom stereocenters. The number of amides is 2. The third-order valence-electron chi connectivity index (χ3n) is 7.39. The Labute approximate surface area is 248 Å². The lowest BCUT2D eigenvalue weighted by Crippen LogP contribution is -2.55. The smallest absolute Gasteiger partial charge is 0.324 e. The van der Waals surface area contributed by atoms with Crippen LogP contribution in [0.5, 0.6) is 5.88 Å². The summed E-state index contributed by atoms with van der Waals surface area (Å²) in [6.07, 6.45) is 2.01. The minimum Gasteiger partial charge on any atom is -0.476 e. The van der Waals surface area contributed by atoms with Crippen LogP contribution in [0.2, 0.25) is 0 Å². The number of thiazole rings is 1. The highest BCUT2D eigenvalue weighted by Crippen LogP contribution is 2.30. The van der Waals surface area contributed by atoms with Gasteiger partial charge in [0.1, 0.15) is 17.2 Å². The van der Waals surface area contributed by atoms with Gasteiger partial charge in [0.2, 0.25) is 5.88 Å². The molecule has 1 saturated heterocycles. The molecule has 1 aliphatic rings. The zero-order chi connectivity index (χ0) is 29.4. The number of piperazine rings is 1. The molecule has 4 aromatic heterocycles. The second kappa shape index (κ2) is 11.3. The van der Waals surface area contributed by atoms with Crippen molar-refractivity contribution >= 4 is 44.2 Å². The maximum absolute atomic E-state index is 12.4. The Kier molecular flexibility index (Phi) is 7.60. The number of aromatic nitrogens is 4. The van der Waals surface area contributed by atoms with E-state index in [9.17, 15) is 4.79 Å². The number of nitrogens with zero attached hydrogens (tertiary/aromatic N) is 5. The van der Waals surface area contributed by atoms with Crippen LogP contribution in [0.15, 0.2) is 53.2 Å². The van der Waals surface area contributed by atoms with Crippen molar-refractivity contribution in [3.63, 3.8) is 0 Å². The maximum atomic E-state index is 12.4. The second-order valence-corrected chi connectivity index (χ2v) is 12.8. The van der Waals surface area contributed by atoms with Crippen LogP contribution >= 0.6 is 11.3 Å². The highest BCUT2D eigenvalue weighted by atomic mass is 32.1. The van der Waals surface area contributed by atoms with Crippen molar-refractivity contribution in [3.05, 3.63) is 54.4 Å². The van der Waals surface area contributed by atoms with Crippen molar-refractivity contribution in [2.24, 2.45) is 0 Å². The number of imidazole rings is 1. The van der Waals surface area contributed by atoms with E-state index in [1.54, 1.807) is 6.07 Å². The first-order chi connectivity index (χ1) is 20.1. The van der Waals surface area contributed by atoms with Crippen molar-refractivity contribution in [1.29, 1.82) is 0 Å². The predicted molar refractivity (Wildman–Crippen MR) is 166 cm³/mol. The van der Waals surface area contributed by atoms with Gasteiger partial charge in [-0.2, -0.15) is 0 Å². The zero-order valence-corrected chi connectivity index (χ0v) is 25.3. The molecule has 0 radical (unpaired) electrons. The molecule has 220 valence electrons. The number of hydrogen-bond acceptors (Lipinski definition) is 9. The number of ether oxygens (including phenoxy) is 1. The number of hydrogen-bond donors (Lipinski definition) is 3. The molecule has 1 fully saturated rings. The molecule has 0 bridgehead atoms. The van der Waals surface area contributed by atoms with Crippen molar-refractivity contribution in [3.8, 4) is 17.1 Å². The quantitative estimate of drug-likeness (QED) is 0.225. The van der Waals surface area contributed by atoms with E-state index in [0.717, 1.165) is 46.2 Å². The summed E-state index contributed by atoms with van der Waals surface area (Å²) in [5, 5.41) is 13.0. The number of carbonyl (C=O) groups excluding carboxylic acids is 1. The van der Waals surface area contributed by atoms with Crippen LogP contribution in [0, 0.1) is 0 Å². The highest BCUT2D eigenvalue weighted by Gasteiger charge is 2.22. The van der Waals surface area contributed by atoms with E-state index in [1.165, 1.54) is 11.3 Å². The molecule has 2 amide bonds. The van der Waals surface area contributed by atoms with Gasteiger partial charge in [-0.05, 0) is 32.0 Å². The Morgan fingerprint density at radius 3 is 2.71 bits per heavy atom. The second-order valence-electron chi connectivity index (χ2n) is 11.8. The lowest BCUT2D eigenvalue weighted by molar-refractivity contribution is 0.121. The van der Waals surface area contributed by atoms with E-state index in [1.807, 2.05) is 63.4 Å². The van der Waals surface area contributed by atoms with Gasteiger partial charge in [-0.15, -0.1) is 0 Å². The summed E-state index contributed by atoms with van der Waals surface area (Å²) in [5.74, 6) is 1.70. The molecule has 42 heavy (non-hydrogen) atoms. The van der Waals surface area contributed by atoms with Crippen molar-refractivity contribution in [1.82, 2.24) is 29.7 Å². The van der Waals surface area contributed by atoms with Crippen LogP contribution in [-0.4, -0.2) is 68.8 Å². The fraction of sp³-hybridized carbons (Fsp3) is 0.400. The van der Waals surface area contributed by atoms with Gasteiger partial charge in [-0.25, -0.2) is 14.8 Å². The summed E-state index contributed by atoms with van der Waals surface area (Å²) in [4.78, 5) is 26.2. The SMILES string of the molecule is C[C@H]1CN(CCOc2ccc3c(n2)sc2nc(-c4ccc(NC(=O)Nc5cc(C(C)(C)C)on5)cc4)cn23)[C@@H](C)CN1. The molecule has 5 aromatic rings. The van der Waals surface area contributed by atoms with E-state index >= 15 is 0 Å². The minimum absolute atomic E-state index is 0.191. The summed E-state index contributed by atoms with van der Waals surface area (Å²) in [6, 6.07) is 13.8. The summed E-state index contributed by atoms with van der Waals surface area (Å²) >= 11 is 1.53. The number of anilines is 2. The number of nitrogens with one attached hydrogen (secondary N) is 3. The Balaban J connectivity index is 1.07. The predicted octanol–water partition coefficient (Wildman–Crippen LogP) is 5.60. The molecule has 0 saturated carbocycles. The third kappa shape index (κ3) is 6.10. The topological polar surface area (TPSA) is 122 Å². The number of benzene rings is 1. The van der Waals surface area contributed by atoms with Crippen LogP contribution in [0.3, 0.4) is 0 Å². The Morgan fingerprint density at radius 1 is 1.14 bits per heavy atom. The fourth-order valence-corrected chi connectivity index (χ4v) is 5.93. The van der Waals surface area contributed by atoms with Gasteiger partial charge >= 0.3 is 6.03 Å². The van der Waals surface area contributed by atoms with Gasteiger partial charge in [0.05, 0.1) is 11.2 Å². The molecule has 6 rings (SSSR count). The Hall–Kier alpha value is -4.00. The van der Waals surface area contributed by atoms with Crippen LogP contribution in [0.25, 0.3) is 26.6 Å². The van der Waals surface area contributed by atoms with Gasteiger partial charge < -0.3 is 19.9 Å². The Bertz CT molecular complexity index is 1700. The molecule has 1 aromatic carbocycles. The highest BCUT2D eigenvalue weighted by molar-refractivity contribution is 7.23. The number of urea groups is 1. The lowest BCUT2D eigenvalue weighted by atomic mass is 9.93. The van der Waals surface area contributed by atoms with Gasteiger partial charge in [-0.1, -0.05) is 49.4 Å². The van der Waals surface area contributed by atoms with Gasteiger partial charge in [-0.3, -0.25) is 14.6 Å². The number of fused-ring (bicyclic) bond motifs is 3. The molecule has 12 heteroatoms. The third-order valence-corrected chi connectivity index (χ3v) is 8.35. The standard InChI is InChI=1S/C30H36N8O3S/c1-18-16-37(19(2)15-31-18)12-13-40-26-11-10-23-27(35-26)42-29-33-22(17-38(23)29)20-6-8-21(9-7-20)32-28(39)34-25-14-24(41-36-25)30(3,4)5/h6-11,14,17-19,31H,12-13,15-16H2,1-5H3,(H2,32,34,36,39)/t18-,19-/m0/s1. The largest absolute Gasteiger partial charge is 0.476 e. The van der Waals surface area contributed by atoms with Crippen molar-refractivity contribution in [2.45, 2.75) is 52.1 Å². The van der Waals surface area contributed by atoms with Crippen LogP contribution in [-0.2, 0) is 5.41 Å². The number of carbonyl (C=O) groups is 1. The first-order valence-corrected chi connectivity index (χ1v) is 15.0. The average Bonchev–Trinajstić information content (AvgIpc) is 3.66. The van der Waals surface area contributed by atoms with Crippen LogP contribution < -0.4 is 20.7 Å². The monoisotopic (exact) mass is 588 g/mol. The summed E-state index contributed by atoms with van der Waals surface area (Å²) < 4.78 is 13.4. The molecule has 3 N–H and O–H groups in total. The molecule has 1 aliphatic heterocycles. The molecule has 5 heterocycles. The molecule has 0 aliphatic carbocycles. The first-order valence-electron chi connectivity index (χ1n) is 14.2. The molecule has 11 nitrogen and oxygen atoms in total. The van der Waals surface area contributed by atoms with Crippen LogP contribution in [0.4, 0.5) is 16.3 Å². The lowest BCUT2D eigenvalue weighted by Gasteiger charge is -2.37. The van der Waals surface area contributed by atoms with Gasteiger partial charge in [0.15, 0.2) is 10.8 Å². The average molecular weight is 589 g/mol. The Morgan fingerprint density at radius 2 is 1.95 bits per heavy atom. The normalized spacial score (nSPS) is 18.0. The van der Waals surface area contributed by atoms with E-state index in [-0.39, 0.29) is 5.41 Å². The molecular formula is C30H36N8O3S. The first kappa shape index (κ1) is 28.1. The molecule has 2 atom stereocenters. The van der Waals surface area contributed by atoms with E-state index < -0.39 is 6.03 Å². The van der Waals surface area contributed by atoms with E-state index in [4.69, 9.17) is 19.2 Å². The van der Waals surface area contributed by atoms with Crippen molar-refractivity contribution < 1.29 is 14.1 Å². The van der Waals surface area contributed by atoms with Crippen molar-refractivity contribution in [2.75, 3.05) is 36.9 Å². The number of rotatable bonds is 7. The van der Waals surface area contributed by atoms with E-state index in [0.29, 0.717) is 41.8 Å². The summed E-state index contributed by atoms with van der Waals surface area (Å²) in [5.41, 5.74) is 3.24. The van der Waals surface area contributed by atoms with Crippen LogP contribution in [0.1, 0.15) is 40.4 Å². The molecule has 0 spiro atoms. The number of pyridine rings is 1. The summed E-state index contributed by atoms with van der Waals surface area (Å²) in [7, 11) is 0.